The van der Waals surface area contributed by atoms with Gasteiger partial charge in [-0.2, -0.15) is 8.42 Å². The largest absolute Gasteiger partial charge is 0.516 e. The van der Waals surface area contributed by atoms with Gasteiger partial charge in [0.15, 0.2) is 0 Å². The molecule has 0 fully saturated rings. The number of aliphatic hydroxyl groups excluding tert-OH is 1. The molecule has 7 nitrogen and oxygen atoms in total. The van der Waals surface area contributed by atoms with Crippen molar-refractivity contribution in [2.24, 2.45) is 0 Å². The van der Waals surface area contributed by atoms with Crippen molar-refractivity contribution in [3.05, 3.63) is 12.3 Å². The molecule has 0 amide bonds. The van der Waals surface area contributed by atoms with Gasteiger partial charge in [-0.3, -0.25) is 9.11 Å². The smallest absolute Gasteiger partial charge is 0.394 e. The van der Waals surface area contributed by atoms with Gasteiger partial charge in [-0.1, -0.05) is 12.5 Å². The third-order valence-electron chi connectivity index (χ3n) is 1.47. The highest BCUT2D eigenvalue weighted by Crippen LogP contribution is 2.00. The maximum Gasteiger partial charge on any atom is 0.394 e. The van der Waals surface area contributed by atoms with E-state index in [4.69, 9.17) is 30.9 Å². The van der Waals surface area contributed by atoms with Crippen LogP contribution in [0.2, 0.25) is 6.04 Å². The van der Waals surface area contributed by atoms with Gasteiger partial charge in [-0.05, 0) is 18.9 Å². The molecule has 104 valence electrons. The SMILES string of the molecule is O=S(=O)(O)O.OC=CCCCC[SiH2]O[SiH2]O[SiH3]. The number of aliphatic hydroxyl groups is 1. The van der Waals surface area contributed by atoms with E-state index in [1.54, 1.807) is 6.08 Å². The molecule has 0 bridgehead atoms. The van der Waals surface area contributed by atoms with E-state index in [1.807, 2.05) is 0 Å². The van der Waals surface area contributed by atoms with Crippen LogP contribution >= 0.6 is 0 Å². The van der Waals surface area contributed by atoms with Gasteiger partial charge in [0, 0.05) is 0 Å². The summed E-state index contributed by atoms with van der Waals surface area (Å²) in [6, 6.07) is 1.25. The molecule has 0 saturated carbocycles. The fourth-order valence-electron chi connectivity index (χ4n) is 0.860. The zero-order valence-electron chi connectivity index (χ0n) is 9.78. The van der Waals surface area contributed by atoms with Crippen molar-refractivity contribution < 1.29 is 30.9 Å². The van der Waals surface area contributed by atoms with Gasteiger partial charge in [-0.15, -0.1) is 0 Å². The third kappa shape index (κ3) is 38.7. The maximum absolute atomic E-state index is 8.74. The van der Waals surface area contributed by atoms with E-state index >= 15 is 0 Å². The van der Waals surface area contributed by atoms with Gasteiger partial charge in [0.2, 0.25) is 0 Å². The summed E-state index contributed by atoms with van der Waals surface area (Å²) in [6.45, 7) is 0. The molecular formula is C6H20O7SSi3. The Hall–Kier alpha value is -0.0194. The fraction of sp³-hybridized carbons (Fsp3) is 0.667. The standard InChI is InChI=1S/C6H18O3Si3.H2O4S/c7-5-3-1-2-4-6-11-9-12-8-10;1-5(2,3)4/h3,5,7H,1-2,4,6,11-12H2,10H3;(H2,1,2,3,4). The molecule has 0 aliphatic carbocycles. The summed E-state index contributed by atoms with van der Waals surface area (Å²) in [4.78, 5) is 0. The van der Waals surface area contributed by atoms with Crippen LogP contribution in [0, 0.1) is 0 Å². The number of rotatable bonds is 8. The fourth-order valence-corrected chi connectivity index (χ4v) is 4.87. The van der Waals surface area contributed by atoms with Crippen molar-refractivity contribution in [2.75, 3.05) is 0 Å². The summed E-state index contributed by atoms with van der Waals surface area (Å²) in [7, 11) is -4.65. The third-order valence-corrected chi connectivity index (χ3v) is 5.02. The average molecular weight is 321 g/mol. The lowest BCUT2D eigenvalue weighted by molar-refractivity contribution is 0.381. The van der Waals surface area contributed by atoms with Crippen LogP contribution < -0.4 is 0 Å². The normalized spacial score (nSPS) is 12.8. The summed E-state index contributed by atoms with van der Waals surface area (Å²) < 4.78 is 42.0. The van der Waals surface area contributed by atoms with E-state index in [0.29, 0.717) is 0 Å². The van der Waals surface area contributed by atoms with Gasteiger partial charge in [0.1, 0.15) is 20.2 Å². The van der Waals surface area contributed by atoms with E-state index < -0.39 is 20.4 Å². The first-order chi connectivity index (χ1) is 7.91. The highest BCUT2D eigenvalue weighted by Gasteiger charge is 1.89. The maximum atomic E-state index is 8.74. The molecule has 0 rings (SSSR count). The molecule has 0 aromatic rings. The Balaban J connectivity index is 0. The zero-order valence-corrected chi connectivity index (χ0v) is 15.4. The first-order valence-corrected chi connectivity index (χ1v) is 9.92. The molecule has 0 aromatic heterocycles. The second-order valence-electron chi connectivity index (χ2n) is 3.00. The average Bonchev–Trinajstić information content (AvgIpc) is 2.20. The van der Waals surface area contributed by atoms with Crippen LogP contribution in [0.15, 0.2) is 12.3 Å². The molecule has 0 aromatic carbocycles. The van der Waals surface area contributed by atoms with Crippen LogP contribution in [0.5, 0.6) is 0 Å². The second kappa shape index (κ2) is 14.0. The quantitative estimate of drug-likeness (QED) is 0.213. The minimum atomic E-state index is -4.67. The Bertz CT molecular complexity index is 261. The number of allylic oxidation sites excluding steroid dienone is 1. The Morgan fingerprint density at radius 2 is 1.88 bits per heavy atom. The highest BCUT2D eigenvalue weighted by molar-refractivity contribution is 7.79. The summed E-state index contributed by atoms with van der Waals surface area (Å²) in [5.41, 5.74) is 0. The van der Waals surface area contributed by atoms with Gasteiger partial charge in [0.05, 0.1) is 6.26 Å². The molecule has 0 heterocycles. The van der Waals surface area contributed by atoms with Crippen molar-refractivity contribution >= 4 is 40.7 Å². The number of unbranched alkanes of at least 4 members (excludes halogenated alkanes) is 2. The van der Waals surface area contributed by atoms with E-state index in [1.165, 1.54) is 12.5 Å². The van der Waals surface area contributed by atoms with E-state index in [-0.39, 0.29) is 9.76 Å². The van der Waals surface area contributed by atoms with Gasteiger partial charge in [0.25, 0.3) is 10.0 Å². The van der Waals surface area contributed by atoms with Crippen LogP contribution in [0.1, 0.15) is 19.3 Å². The molecule has 0 atom stereocenters. The number of hydrogen-bond donors (Lipinski definition) is 3. The molecule has 0 aliphatic rings. The number of hydrogen-bond acceptors (Lipinski definition) is 5. The van der Waals surface area contributed by atoms with Crippen LogP contribution in [-0.2, 0) is 18.6 Å². The van der Waals surface area contributed by atoms with Crippen LogP contribution in [0.3, 0.4) is 0 Å². The summed E-state index contributed by atoms with van der Waals surface area (Å²) in [5.74, 6) is 0. The molecule has 0 aliphatic heterocycles. The van der Waals surface area contributed by atoms with Crippen LogP contribution in [-0.4, -0.2) is 52.9 Å². The lowest BCUT2D eigenvalue weighted by Crippen LogP contribution is -2.05. The molecule has 17 heavy (non-hydrogen) atoms. The predicted octanol–water partition coefficient (Wildman–Crippen LogP) is -1.61. The first-order valence-electron chi connectivity index (χ1n) is 4.97. The molecular weight excluding hydrogens is 300 g/mol. The molecule has 0 radical (unpaired) electrons. The van der Waals surface area contributed by atoms with E-state index in [9.17, 15) is 0 Å². The zero-order chi connectivity index (χ0) is 13.6. The molecule has 3 N–H and O–H groups in total. The monoisotopic (exact) mass is 320 g/mol. The van der Waals surface area contributed by atoms with Gasteiger partial charge in [-0.25, -0.2) is 0 Å². The van der Waals surface area contributed by atoms with Crippen molar-refractivity contribution in [2.45, 2.75) is 25.3 Å². The van der Waals surface area contributed by atoms with Crippen molar-refractivity contribution in [1.29, 1.82) is 0 Å². The minimum Gasteiger partial charge on any atom is -0.516 e. The van der Waals surface area contributed by atoms with E-state index in [0.717, 1.165) is 29.6 Å². The minimum absolute atomic E-state index is 0.262. The molecule has 0 saturated heterocycles. The lowest BCUT2D eigenvalue weighted by atomic mass is 10.2. The lowest BCUT2D eigenvalue weighted by Gasteiger charge is -2.00. The predicted molar refractivity (Wildman–Crippen MR) is 73.8 cm³/mol. The van der Waals surface area contributed by atoms with Gasteiger partial charge < -0.3 is 13.3 Å². The molecule has 0 spiro atoms. The topological polar surface area (TPSA) is 113 Å². The summed E-state index contributed by atoms with van der Waals surface area (Å²) in [6.07, 6.45) is 6.29. The Labute approximate surface area is 109 Å². The molecule has 0 unspecified atom stereocenters. The van der Waals surface area contributed by atoms with E-state index in [2.05, 4.69) is 0 Å². The van der Waals surface area contributed by atoms with Crippen molar-refractivity contribution in [3.8, 4) is 0 Å². The summed E-state index contributed by atoms with van der Waals surface area (Å²) >= 11 is 0. The van der Waals surface area contributed by atoms with Crippen molar-refractivity contribution in [3.63, 3.8) is 0 Å². The Kier molecular flexibility index (Phi) is 16.0. The Morgan fingerprint density at radius 1 is 1.29 bits per heavy atom. The van der Waals surface area contributed by atoms with Crippen LogP contribution in [0.4, 0.5) is 0 Å². The summed E-state index contributed by atoms with van der Waals surface area (Å²) in [5, 5.41) is 8.34. The Morgan fingerprint density at radius 3 is 2.35 bits per heavy atom. The second-order valence-corrected chi connectivity index (χ2v) is 9.19. The first kappa shape index (κ1) is 19.3. The highest BCUT2D eigenvalue weighted by atomic mass is 32.3. The van der Waals surface area contributed by atoms with Crippen LogP contribution in [0.25, 0.3) is 0 Å². The van der Waals surface area contributed by atoms with Gasteiger partial charge >= 0.3 is 10.4 Å². The molecule has 11 heteroatoms. The van der Waals surface area contributed by atoms with Crippen molar-refractivity contribution in [1.82, 2.24) is 0 Å².